The normalized spacial score (nSPS) is 26.1. The summed E-state index contributed by atoms with van der Waals surface area (Å²) in [6.45, 7) is 0. The molecule has 12 rings (SSSR count). The standard InChI is InChI=1S/C54H49NOS2/c1-2-10-37(11-3-1)41-14-8-15-45-46-16-9-17-48(54(46)58-53(41)45)55(40-29-30-43-42-12-4-6-18-49(42)56-50(43)33-40)39-27-24-35(25-28-39)34-20-22-36(23-21-34)38-26-31-52-47(32-38)44-13-5-7-19-51(44)57-52/h2,4,7,10-12,14,16,19-24,26-32,35,40,47,52H,1,3,5-6,8-9,13,15,17-18,25,33H2. The zero-order valence-electron chi connectivity index (χ0n) is 33.1. The predicted octanol–water partition coefficient (Wildman–Crippen LogP) is 12.4. The number of rotatable bonds is 6. The number of fused-ring (bicyclic) bond motifs is 8. The Kier molecular flexibility index (Phi) is 8.80. The second kappa shape index (κ2) is 14.5. The fourth-order valence-corrected chi connectivity index (χ4v) is 13.8. The summed E-state index contributed by atoms with van der Waals surface area (Å²) in [6.07, 6.45) is 54.2. The van der Waals surface area contributed by atoms with Gasteiger partial charge in [-0.05, 0) is 114 Å². The van der Waals surface area contributed by atoms with Crippen LogP contribution in [0.4, 0.5) is 0 Å². The van der Waals surface area contributed by atoms with E-state index >= 15 is 0 Å². The average molecular weight is 792 g/mol. The zero-order valence-corrected chi connectivity index (χ0v) is 34.7. The van der Waals surface area contributed by atoms with Gasteiger partial charge in [0.2, 0.25) is 0 Å². The Bertz CT molecular complexity index is 2720. The van der Waals surface area contributed by atoms with E-state index in [1.54, 1.807) is 11.1 Å². The van der Waals surface area contributed by atoms with Crippen molar-refractivity contribution in [2.75, 3.05) is 0 Å². The molecule has 1 aromatic carbocycles. The van der Waals surface area contributed by atoms with E-state index in [1.165, 1.54) is 88.5 Å². The van der Waals surface area contributed by atoms with Gasteiger partial charge in [0.15, 0.2) is 0 Å². The van der Waals surface area contributed by atoms with Crippen LogP contribution in [-0.2, 0) is 19.3 Å². The minimum Gasteiger partial charge on any atom is -0.465 e. The van der Waals surface area contributed by atoms with Crippen LogP contribution in [-0.4, -0.2) is 16.2 Å². The Morgan fingerprint density at radius 1 is 0.672 bits per heavy atom. The minimum absolute atomic E-state index is 0.195. The van der Waals surface area contributed by atoms with Gasteiger partial charge in [0.1, 0.15) is 11.5 Å². The second-order valence-electron chi connectivity index (χ2n) is 17.2. The van der Waals surface area contributed by atoms with Crippen molar-refractivity contribution in [1.82, 2.24) is 4.90 Å². The molecule has 8 aliphatic carbocycles. The molecule has 0 amide bonds. The zero-order chi connectivity index (χ0) is 38.2. The molecule has 1 aliphatic heterocycles. The molecule has 0 saturated heterocycles. The van der Waals surface area contributed by atoms with Crippen LogP contribution in [0.1, 0.15) is 108 Å². The Morgan fingerprint density at radius 2 is 1.55 bits per heavy atom. The maximum atomic E-state index is 6.66. The molecule has 2 aromatic heterocycles. The minimum atomic E-state index is 0.195. The third-order valence-corrected chi connectivity index (χ3v) is 16.5. The molecule has 0 N–H and O–H groups in total. The predicted molar refractivity (Wildman–Crippen MR) is 246 cm³/mol. The largest absolute Gasteiger partial charge is 0.465 e. The molecule has 0 spiro atoms. The number of hydrogen-bond donors (Lipinski definition) is 0. The van der Waals surface area contributed by atoms with Gasteiger partial charge in [-0.3, -0.25) is 0 Å². The average Bonchev–Trinajstić information content (AvgIpc) is 3.98. The summed E-state index contributed by atoms with van der Waals surface area (Å²) in [5.41, 5.74) is 15.6. The van der Waals surface area contributed by atoms with Crippen molar-refractivity contribution in [3.05, 3.63) is 185 Å². The van der Waals surface area contributed by atoms with Crippen molar-refractivity contribution in [1.29, 1.82) is 0 Å². The van der Waals surface area contributed by atoms with Crippen molar-refractivity contribution in [2.45, 2.75) is 94.3 Å². The van der Waals surface area contributed by atoms with Gasteiger partial charge in [-0.25, -0.2) is 0 Å². The maximum absolute atomic E-state index is 6.66. The van der Waals surface area contributed by atoms with Crippen LogP contribution in [0.5, 0.6) is 0 Å². The summed E-state index contributed by atoms with van der Waals surface area (Å²) in [7, 11) is 0. The third-order valence-electron chi connectivity index (χ3n) is 13.8. The molecule has 0 saturated carbocycles. The van der Waals surface area contributed by atoms with Crippen molar-refractivity contribution in [2.24, 2.45) is 5.92 Å². The highest BCUT2D eigenvalue weighted by Gasteiger charge is 2.35. The van der Waals surface area contributed by atoms with E-state index in [4.69, 9.17) is 4.42 Å². The van der Waals surface area contributed by atoms with E-state index in [-0.39, 0.29) is 6.04 Å². The number of nitrogens with zero attached hydrogens (tertiary/aromatic N) is 1. The van der Waals surface area contributed by atoms with E-state index in [9.17, 15) is 0 Å². The molecule has 0 fully saturated rings. The van der Waals surface area contributed by atoms with E-state index < -0.39 is 0 Å². The summed E-state index contributed by atoms with van der Waals surface area (Å²) in [5, 5.41) is 2.07. The van der Waals surface area contributed by atoms with E-state index in [0.717, 1.165) is 70.0 Å². The number of furan rings is 1. The summed E-state index contributed by atoms with van der Waals surface area (Å²) in [6, 6.07) is 9.69. The lowest BCUT2D eigenvalue weighted by atomic mass is 9.83. The number of aryl methyl sites for hydroxylation is 1. The molecule has 4 atom stereocenters. The molecule has 4 unspecified atom stereocenters. The van der Waals surface area contributed by atoms with Crippen LogP contribution in [0, 0.1) is 5.92 Å². The van der Waals surface area contributed by atoms with Gasteiger partial charge in [0.25, 0.3) is 0 Å². The summed E-state index contributed by atoms with van der Waals surface area (Å²) < 4.78 is 8.14. The van der Waals surface area contributed by atoms with Gasteiger partial charge >= 0.3 is 0 Å². The first-order chi connectivity index (χ1) is 28.7. The molecule has 3 aromatic rings. The van der Waals surface area contributed by atoms with Crippen LogP contribution < -0.4 is 9.75 Å². The first-order valence-electron chi connectivity index (χ1n) is 21.9. The number of benzene rings is 1. The van der Waals surface area contributed by atoms with Crippen molar-refractivity contribution in [3.8, 4) is 0 Å². The van der Waals surface area contributed by atoms with Crippen LogP contribution >= 0.6 is 23.1 Å². The molecule has 0 radical (unpaired) electrons. The van der Waals surface area contributed by atoms with Crippen LogP contribution in [0.2, 0.25) is 0 Å². The summed E-state index contributed by atoms with van der Waals surface area (Å²) >= 11 is 4.11. The Hall–Kier alpha value is -4.77. The lowest BCUT2D eigenvalue weighted by Gasteiger charge is -2.37. The maximum Gasteiger partial charge on any atom is 0.114 e. The second-order valence-corrected chi connectivity index (χ2v) is 19.5. The topological polar surface area (TPSA) is 16.4 Å². The van der Waals surface area contributed by atoms with Gasteiger partial charge in [0.05, 0.1) is 10.6 Å². The third kappa shape index (κ3) is 5.96. The molecule has 58 heavy (non-hydrogen) atoms. The van der Waals surface area contributed by atoms with Gasteiger partial charge in [-0.1, -0.05) is 121 Å². The molecular weight excluding hydrogens is 743 g/mol. The summed E-state index contributed by atoms with van der Waals surface area (Å²) in [5.74, 6) is 3.22. The van der Waals surface area contributed by atoms with E-state index in [1.807, 2.05) is 0 Å². The lowest BCUT2D eigenvalue weighted by Crippen LogP contribution is -2.41. The molecule has 3 heterocycles. The van der Waals surface area contributed by atoms with Crippen molar-refractivity contribution >= 4 is 58.2 Å². The molecule has 288 valence electrons. The van der Waals surface area contributed by atoms with Crippen molar-refractivity contribution in [3.63, 3.8) is 0 Å². The molecule has 4 heteroatoms. The van der Waals surface area contributed by atoms with E-state index in [2.05, 4.69) is 156 Å². The first-order valence-corrected chi connectivity index (χ1v) is 23.6. The monoisotopic (exact) mass is 791 g/mol. The molecular formula is C54H49NOS2. The van der Waals surface area contributed by atoms with Crippen LogP contribution in [0.25, 0.3) is 35.1 Å². The number of allylic oxidation sites excluding steroid dienone is 16. The summed E-state index contributed by atoms with van der Waals surface area (Å²) in [4.78, 5) is 5.74. The molecule has 2 nitrogen and oxygen atoms in total. The van der Waals surface area contributed by atoms with Crippen LogP contribution in [0.3, 0.4) is 0 Å². The fraction of sp³-hybridized carbons (Fsp3) is 0.296. The molecule has 9 aliphatic rings. The Labute approximate surface area is 350 Å². The first kappa shape index (κ1) is 35.2. The van der Waals surface area contributed by atoms with E-state index in [0.29, 0.717) is 17.1 Å². The van der Waals surface area contributed by atoms with Gasteiger partial charge in [-0.15, -0.1) is 23.1 Å². The van der Waals surface area contributed by atoms with Crippen LogP contribution in [0.15, 0.2) is 135 Å². The fourth-order valence-electron chi connectivity index (χ4n) is 10.9. The smallest absolute Gasteiger partial charge is 0.114 e. The highest BCUT2D eigenvalue weighted by atomic mass is 32.2. The van der Waals surface area contributed by atoms with Gasteiger partial charge in [-0.2, -0.15) is 0 Å². The Morgan fingerprint density at radius 3 is 2.45 bits per heavy atom. The van der Waals surface area contributed by atoms with Crippen molar-refractivity contribution < 1.29 is 4.42 Å². The van der Waals surface area contributed by atoms with Gasteiger partial charge < -0.3 is 9.32 Å². The highest BCUT2D eigenvalue weighted by Crippen LogP contribution is 2.50. The number of thiophene rings is 1. The lowest BCUT2D eigenvalue weighted by molar-refractivity contribution is 0.366. The SMILES string of the molecule is C1=CC(C2=CCCc3c2sc2c3=CCCC=2N(C2=CCC(c3ccc(C4=CC5C6=C(C=CCC6)SC5C=C4)cc3)C=C2)C2C=Cc3c(oc4c3C=CCC4)C2)=CCC1. The number of thioether (sulfide) groups is 1. The Balaban J connectivity index is 0.873. The quantitative estimate of drug-likeness (QED) is 0.247. The number of hydrogen-bond acceptors (Lipinski definition) is 4. The molecule has 0 bridgehead atoms. The highest BCUT2D eigenvalue weighted by molar-refractivity contribution is 8.04. The van der Waals surface area contributed by atoms with Gasteiger partial charge in [0, 0.05) is 62.2 Å².